The van der Waals surface area contributed by atoms with Crippen LogP contribution in [0.2, 0.25) is 0 Å². The Hall–Kier alpha value is -0.570. The summed E-state index contributed by atoms with van der Waals surface area (Å²) in [4.78, 5) is 11.2. The molecule has 0 aromatic heterocycles. The summed E-state index contributed by atoms with van der Waals surface area (Å²) in [5.74, 6) is -0.108. The van der Waals surface area contributed by atoms with Gasteiger partial charge in [0.05, 0.1) is 6.61 Å². The third-order valence-electron chi connectivity index (χ3n) is 2.19. The van der Waals surface area contributed by atoms with Gasteiger partial charge in [0, 0.05) is 5.54 Å². The molecule has 1 aliphatic heterocycles. The SMILES string of the molecule is CCOC(=O)C1CCC(C)(C)N1. The first kappa shape index (κ1) is 9.52. The van der Waals surface area contributed by atoms with Crippen molar-refractivity contribution in [3.8, 4) is 0 Å². The lowest BCUT2D eigenvalue weighted by atomic mass is 10.0. The van der Waals surface area contributed by atoms with E-state index < -0.39 is 0 Å². The lowest BCUT2D eigenvalue weighted by Crippen LogP contribution is -2.42. The molecule has 1 rings (SSSR count). The van der Waals surface area contributed by atoms with Crippen molar-refractivity contribution in [1.29, 1.82) is 0 Å². The van der Waals surface area contributed by atoms with Crippen molar-refractivity contribution < 1.29 is 9.53 Å². The first-order valence-electron chi connectivity index (χ1n) is 4.49. The quantitative estimate of drug-likeness (QED) is 0.632. The van der Waals surface area contributed by atoms with E-state index in [2.05, 4.69) is 19.2 Å². The standard InChI is InChI=1S/C9H17NO2/c1-4-12-8(11)7-5-6-9(2,3)10-7/h7,10H,4-6H2,1-3H3. The molecule has 0 amide bonds. The van der Waals surface area contributed by atoms with Crippen molar-refractivity contribution in [3.05, 3.63) is 0 Å². The van der Waals surface area contributed by atoms with Gasteiger partial charge in [-0.25, -0.2) is 0 Å². The van der Waals surface area contributed by atoms with Gasteiger partial charge in [-0.3, -0.25) is 10.1 Å². The van der Waals surface area contributed by atoms with E-state index in [1.807, 2.05) is 6.92 Å². The molecule has 0 bridgehead atoms. The van der Waals surface area contributed by atoms with Crippen molar-refractivity contribution in [1.82, 2.24) is 5.32 Å². The maximum Gasteiger partial charge on any atom is 0.323 e. The van der Waals surface area contributed by atoms with Gasteiger partial charge in [-0.2, -0.15) is 0 Å². The molecule has 0 radical (unpaired) electrons. The van der Waals surface area contributed by atoms with E-state index in [-0.39, 0.29) is 17.6 Å². The monoisotopic (exact) mass is 171 g/mol. The van der Waals surface area contributed by atoms with Crippen molar-refractivity contribution in [2.75, 3.05) is 6.61 Å². The van der Waals surface area contributed by atoms with Crippen LogP contribution in [-0.2, 0) is 9.53 Å². The minimum atomic E-state index is -0.108. The highest BCUT2D eigenvalue weighted by atomic mass is 16.5. The van der Waals surface area contributed by atoms with Gasteiger partial charge >= 0.3 is 5.97 Å². The highest BCUT2D eigenvalue weighted by Crippen LogP contribution is 2.22. The van der Waals surface area contributed by atoms with Crippen LogP contribution in [0, 0.1) is 0 Å². The van der Waals surface area contributed by atoms with Gasteiger partial charge in [0.1, 0.15) is 6.04 Å². The summed E-state index contributed by atoms with van der Waals surface area (Å²) < 4.78 is 4.92. The normalized spacial score (nSPS) is 27.1. The average molecular weight is 171 g/mol. The zero-order valence-corrected chi connectivity index (χ0v) is 8.02. The molecule has 1 unspecified atom stereocenters. The van der Waals surface area contributed by atoms with Gasteiger partial charge in [0.25, 0.3) is 0 Å². The second-order valence-corrected chi connectivity index (χ2v) is 3.87. The minimum Gasteiger partial charge on any atom is -0.465 e. The van der Waals surface area contributed by atoms with Crippen LogP contribution in [0.3, 0.4) is 0 Å². The Morgan fingerprint density at radius 1 is 1.67 bits per heavy atom. The zero-order valence-electron chi connectivity index (χ0n) is 8.02. The first-order valence-corrected chi connectivity index (χ1v) is 4.49. The van der Waals surface area contributed by atoms with E-state index in [0.717, 1.165) is 12.8 Å². The lowest BCUT2D eigenvalue weighted by molar-refractivity contribution is -0.145. The van der Waals surface area contributed by atoms with E-state index in [1.165, 1.54) is 0 Å². The molecule has 0 aromatic rings. The van der Waals surface area contributed by atoms with Crippen LogP contribution < -0.4 is 5.32 Å². The van der Waals surface area contributed by atoms with Crippen LogP contribution in [0.25, 0.3) is 0 Å². The van der Waals surface area contributed by atoms with E-state index in [4.69, 9.17) is 4.74 Å². The van der Waals surface area contributed by atoms with Crippen molar-refractivity contribution in [3.63, 3.8) is 0 Å². The summed E-state index contributed by atoms with van der Waals surface area (Å²) >= 11 is 0. The van der Waals surface area contributed by atoms with Crippen LogP contribution in [0.5, 0.6) is 0 Å². The van der Waals surface area contributed by atoms with Crippen LogP contribution in [0.15, 0.2) is 0 Å². The summed E-state index contributed by atoms with van der Waals surface area (Å²) in [6.07, 6.45) is 1.93. The Morgan fingerprint density at radius 3 is 2.75 bits per heavy atom. The molecule has 0 aliphatic carbocycles. The van der Waals surface area contributed by atoms with Crippen molar-refractivity contribution >= 4 is 5.97 Å². The van der Waals surface area contributed by atoms with E-state index >= 15 is 0 Å². The van der Waals surface area contributed by atoms with Crippen LogP contribution >= 0.6 is 0 Å². The fourth-order valence-corrected chi connectivity index (χ4v) is 1.54. The highest BCUT2D eigenvalue weighted by Gasteiger charge is 2.34. The number of ether oxygens (including phenoxy) is 1. The zero-order chi connectivity index (χ0) is 9.19. The molecular formula is C9H17NO2. The maximum absolute atomic E-state index is 11.2. The predicted octanol–water partition coefficient (Wildman–Crippen LogP) is 1.08. The number of esters is 1. The molecule has 0 spiro atoms. The van der Waals surface area contributed by atoms with Gasteiger partial charge in [-0.1, -0.05) is 0 Å². The van der Waals surface area contributed by atoms with Crippen molar-refractivity contribution in [2.24, 2.45) is 0 Å². The molecular weight excluding hydrogens is 154 g/mol. The molecule has 1 aliphatic rings. The Balaban J connectivity index is 2.41. The molecule has 12 heavy (non-hydrogen) atoms. The van der Waals surface area contributed by atoms with Gasteiger partial charge in [-0.05, 0) is 33.6 Å². The third kappa shape index (κ3) is 2.21. The molecule has 0 saturated carbocycles. The summed E-state index contributed by atoms with van der Waals surface area (Å²) in [6.45, 7) is 6.51. The Kier molecular flexibility index (Phi) is 2.73. The summed E-state index contributed by atoms with van der Waals surface area (Å²) in [6, 6.07) is -0.0834. The van der Waals surface area contributed by atoms with Crippen LogP contribution in [0.4, 0.5) is 0 Å². The van der Waals surface area contributed by atoms with Crippen molar-refractivity contribution in [2.45, 2.75) is 45.2 Å². The molecule has 3 nitrogen and oxygen atoms in total. The van der Waals surface area contributed by atoms with Crippen LogP contribution in [-0.4, -0.2) is 24.2 Å². The molecule has 70 valence electrons. The lowest BCUT2D eigenvalue weighted by Gasteiger charge is -2.19. The summed E-state index contributed by atoms with van der Waals surface area (Å²) in [7, 11) is 0. The Morgan fingerprint density at radius 2 is 2.33 bits per heavy atom. The molecule has 1 N–H and O–H groups in total. The van der Waals surface area contributed by atoms with Crippen LogP contribution in [0.1, 0.15) is 33.6 Å². The molecule has 1 heterocycles. The molecule has 1 saturated heterocycles. The minimum absolute atomic E-state index is 0.0834. The average Bonchev–Trinajstić information content (AvgIpc) is 2.31. The fourth-order valence-electron chi connectivity index (χ4n) is 1.54. The van der Waals surface area contributed by atoms with Gasteiger partial charge < -0.3 is 4.74 Å². The number of hydrogen-bond donors (Lipinski definition) is 1. The smallest absolute Gasteiger partial charge is 0.323 e. The third-order valence-corrected chi connectivity index (χ3v) is 2.19. The topological polar surface area (TPSA) is 38.3 Å². The van der Waals surface area contributed by atoms with Gasteiger partial charge in [-0.15, -0.1) is 0 Å². The summed E-state index contributed by atoms with van der Waals surface area (Å²) in [5.41, 5.74) is 0.0947. The Bertz CT molecular complexity index is 177. The molecule has 3 heteroatoms. The molecule has 1 atom stereocenters. The van der Waals surface area contributed by atoms with Gasteiger partial charge in [0.2, 0.25) is 0 Å². The second kappa shape index (κ2) is 3.44. The number of carbonyl (C=O) groups is 1. The van der Waals surface area contributed by atoms with E-state index in [9.17, 15) is 4.79 Å². The van der Waals surface area contributed by atoms with Gasteiger partial charge in [0.15, 0.2) is 0 Å². The predicted molar refractivity (Wildman–Crippen MR) is 46.9 cm³/mol. The summed E-state index contributed by atoms with van der Waals surface area (Å²) in [5, 5.41) is 3.24. The molecule has 0 aromatic carbocycles. The number of rotatable bonds is 2. The van der Waals surface area contributed by atoms with E-state index in [1.54, 1.807) is 0 Å². The Labute approximate surface area is 73.5 Å². The largest absolute Gasteiger partial charge is 0.465 e. The number of nitrogens with one attached hydrogen (secondary N) is 1. The second-order valence-electron chi connectivity index (χ2n) is 3.87. The maximum atomic E-state index is 11.2. The van der Waals surface area contributed by atoms with E-state index in [0.29, 0.717) is 6.61 Å². The number of carbonyl (C=O) groups excluding carboxylic acids is 1. The first-order chi connectivity index (χ1) is 5.55. The fraction of sp³-hybridized carbons (Fsp3) is 0.889. The number of hydrogen-bond acceptors (Lipinski definition) is 3. The molecule has 1 fully saturated rings. The highest BCUT2D eigenvalue weighted by molar-refractivity contribution is 5.76.